The first-order chi connectivity index (χ1) is 6.83. The van der Waals surface area contributed by atoms with Gasteiger partial charge in [-0.3, -0.25) is 4.79 Å². The Balaban J connectivity index is 2.18. The van der Waals surface area contributed by atoms with Crippen LogP contribution in [0, 0.1) is 0 Å². The van der Waals surface area contributed by atoms with Gasteiger partial charge in [-0.25, -0.2) is 0 Å². The van der Waals surface area contributed by atoms with E-state index in [1.54, 1.807) is 19.5 Å². The maximum absolute atomic E-state index is 10.9. The highest BCUT2D eigenvalue weighted by molar-refractivity contribution is 5.69. The molecule has 3 heteroatoms. The number of carbonyl (C=O) groups excluding carboxylic acids is 1. The minimum Gasteiger partial charge on any atom is -0.472 e. The van der Waals surface area contributed by atoms with Gasteiger partial charge in [0.15, 0.2) is 0 Å². The highest BCUT2D eigenvalue weighted by Gasteiger charge is 1.97. The molecule has 1 aromatic rings. The molecule has 0 N–H and O–H groups in total. The molecule has 14 heavy (non-hydrogen) atoms. The van der Waals surface area contributed by atoms with Crippen LogP contribution >= 0.6 is 0 Å². The van der Waals surface area contributed by atoms with Gasteiger partial charge in [-0.2, -0.15) is 0 Å². The van der Waals surface area contributed by atoms with Gasteiger partial charge < -0.3 is 9.15 Å². The summed E-state index contributed by atoms with van der Waals surface area (Å²) in [5.41, 5.74) is 1.01. The first-order valence-corrected chi connectivity index (χ1v) is 4.67. The van der Waals surface area contributed by atoms with Crippen molar-refractivity contribution in [2.75, 3.05) is 6.61 Å². The van der Waals surface area contributed by atoms with Crippen molar-refractivity contribution < 1.29 is 13.9 Å². The van der Waals surface area contributed by atoms with Crippen LogP contribution in [0.1, 0.15) is 25.3 Å². The summed E-state index contributed by atoms with van der Waals surface area (Å²) >= 11 is 0. The highest BCUT2D eigenvalue weighted by Crippen LogP contribution is 2.04. The van der Waals surface area contributed by atoms with Crippen molar-refractivity contribution in [1.29, 1.82) is 0 Å². The largest absolute Gasteiger partial charge is 0.472 e. The molecule has 0 aliphatic carbocycles. The van der Waals surface area contributed by atoms with Gasteiger partial charge in [-0.1, -0.05) is 12.2 Å². The van der Waals surface area contributed by atoms with E-state index in [9.17, 15) is 4.79 Å². The number of hydrogen-bond acceptors (Lipinski definition) is 3. The highest BCUT2D eigenvalue weighted by atomic mass is 16.5. The van der Waals surface area contributed by atoms with Crippen LogP contribution in [0.3, 0.4) is 0 Å². The van der Waals surface area contributed by atoms with Crippen LogP contribution in [0.5, 0.6) is 0 Å². The van der Waals surface area contributed by atoms with Crippen LogP contribution in [0.4, 0.5) is 0 Å². The Morgan fingerprint density at radius 3 is 3.14 bits per heavy atom. The van der Waals surface area contributed by atoms with Crippen molar-refractivity contribution in [3.8, 4) is 0 Å². The Morgan fingerprint density at radius 1 is 1.64 bits per heavy atom. The van der Waals surface area contributed by atoms with E-state index in [4.69, 9.17) is 9.15 Å². The average molecular weight is 194 g/mol. The lowest BCUT2D eigenvalue weighted by Gasteiger charge is -1.97. The Morgan fingerprint density at radius 2 is 2.50 bits per heavy atom. The fourth-order valence-electron chi connectivity index (χ4n) is 1.02. The van der Waals surface area contributed by atoms with E-state index in [0.29, 0.717) is 19.4 Å². The van der Waals surface area contributed by atoms with Crippen molar-refractivity contribution in [1.82, 2.24) is 0 Å². The second-order valence-electron chi connectivity index (χ2n) is 2.80. The molecule has 0 atom stereocenters. The number of ether oxygens (including phenoxy) is 1. The molecule has 0 aliphatic heterocycles. The van der Waals surface area contributed by atoms with Crippen LogP contribution < -0.4 is 0 Å². The molecule has 3 nitrogen and oxygen atoms in total. The zero-order valence-electron chi connectivity index (χ0n) is 8.23. The van der Waals surface area contributed by atoms with Crippen LogP contribution in [0.2, 0.25) is 0 Å². The van der Waals surface area contributed by atoms with Crippen molar-refractivity contribution in [3.63, 3.8) is 0 Å². The van der Waals surface area contributed by atoms with Gasteiger partial charge in [-0.15, -0.1) is 0 Å². The maximum Gasteiger partial charge on any atom is 0.306 e. The van der Waals surface area contributed by atoms with Crippen molar-refractivity contribution in [3.05, 3.63) is 30.2 Å². The second kappa shape index (κ2) is 6.02. The Kier molecular flexibility index (Phi) is 4.55. The van der Waals surface area contributed by atoms with E-state index >= 15 is 0 Å². The van der Waals surface area contributed by atoms with Gasteiger partial charge in [0.25, 0.3) is 0 Å². The van der Waals surface area contributed by atoms with Crippen LogP contribution in [0.25, 0.3) is 6.08 Å². The molecular weight excluding hydrogens is 180 g/mol. The first kappa shape index (κ1) is 10.6. The van der Waals surface area contributed by atoms with Crippen LogP contribution in [-0.2, 0) is 9.53 Å². The van der Waals surface area contributed by atoms with Gasteiger partial charge >= 0.3 is 5.97 Å². The lowest BCUT2D eigenvalue weighted by atomic mass is 10.2. The molecule has 1 heterocycles. The van der Waals surface area contributed by atoms with Crippen molar-refractivity contribution in [2.45, 2.75) is 19.8 Å². The summed E-state index contributed by atoms with van der Waals surface area (Å²) in [7, 11) is 0. The maximum atomic E-state index is 10.9. The zero-order valence-corrected chi connectivity index (χ0v) is 8.23. The number of hydrogen-bond donors (Lipinski definition) is 0. The van der Waals surface area contributed by atoms with Gasteiger partial charge in [0.1, 0.15) is 0 Å². The summed E-state index contributed by atoms with van der Waals surface area (Å²) in [6, 6.07) is 1.86. The second-order valence-corrected chi connectivity index (χ2v) is 2.80. The predicted octanol–water partition coefficient (Wildman–Crippen LogP) is 2.64. The molecule has 1 rings (SSSR count). The van der Waals surface area contributed by atoms with Crippen LogP contribution in [0.15, 0.2) is 29.1 Å². The third-order valence-electron chi connectivity index (χ3n) is 1.67. The molecule has 0 bridgehead atoms. The minimum atomic E-state index is -0.149. The lowest BCUT2D eigenvalue weighted by molar-refractivity contribution is -0.142. The topological polar surface area (TPSA) is 39.4 Å². The fourth-order valence-corrected chi connectivity index (χ4v) is 1.02. The quantitative estimate of drug-likeness (QED) is 0.676. The van der Waals surface area contributed by atoms with Gasteiger partial charge in [-0.05, 0) is 19.4 Å². The van der Waals surface area contributed by atoms with Gasteiger partial charge in [0.05, 0.1) is 19.1 Å². The van der Waals surface area contributed by atoms with Crippen molar-refractivity contribution >= 4 is 12.0 Å². The smallest absolute Gasteiger partial charge is 0.306 e. The molecule has 0 saturated carbocycles. The molecule has 0 amide bonds. The Labute approximate surface area is 83.4 Å². The van der Waals surface area contributed by atoms with Crippen LogP contribution in [-0.4, -0.2) is 12.6 Å². The van der Waals surface area contributed by atoms with E-state index in [0.717, 1.165) is 5.56 Å². The summed E-state index contributed by atoms with van der Waals surface area (Å²) in [5.74, 6) is -0.149. The standard InChI is InChI=1S/C11H14O3/c1-2-14-11(12)6-4-3-5-10-7-8-13-9-10/h3,5,7-9H,2,4,6H2,1H3/b5-3+. The molecule has 0 aromatic carbocycles. The van der Waals surface area contributed by atoms with E-state index in [-0.39, 0.29) is 5.97 Å². The Hall–Kier alpha value is -1.51. The Bertz CT molecular complexity index is 285. The van der Waals surface area contributed by atoms with Crippen molar-refractivity contribution in [2.24, 2.45) is 0 Å². The van der Waals surface area contributed by atoms with E-state index in [1.807, 2.05) is 18.2 Å². The lowest BCUT2D eigenvalue weighted by Crippen LogP contribution is -2.02. The molecule has 0 unspecified atom stereocenters. The summed E-state index contributed by atoms with van der Waals surface area (Å²) in [5, 5.41) is 0. The molecular formula is C11H14O3. The zero-order chi connectivity index (χ0) is 10.2. The predicted molar refractivity (Wildman–Crippen MR) is 53.6 cm³/mol. The number of allylic oxidation sites excluding steroid dienone is 1. The molecule has 0 fully saturated rings. The number of rotatable bonds is 5. The summed E-state index contributed by atoms with van der Waals surface area (Å²) in [6.07, 6.45) is 8.25. The van der Waals surface area contributed by atoms with E-state index in [1.165, 1.54) is 0 Å². The average Bonchev–Trinajstić information content (AvgIpc) is 2.65. The fraction of sp³-hybridized carbons (Fsp3) is 0.364. The number of esters is 1. The van der Waals surface area contributed by atoms with Gasteiger partial charge in [0, 0.05) is 12.0 Å². The number of furan rings is 1. The molecule has 0 aliphatic rings. The summed E-state index contributed by atoms with van der Waals surface area (Å²) < 4.78 is 9.68. The summed E-state index contributed by atoms with van der Waals surface area (Å²) in [6.45, 7) is 2.25. The van der Waals surface area contributed by atoms with E-state index in [2.05, 4.69) is 0 Å². The molecule has 76 valence electrons. The number of carbonyl (C=O) groups is 1. The van der Waals surface area contributed by atoms with Gasteiger partial charge in [0.2, 0.25) is 0 Å². The normalized spacial score (nSPS) is 10.6. The molecule has 1 aromatic heterocycles. The SMILES string of the molecule is CCOC(=O)CC/C=C/c1ccoc1. The third-order valence-corrected chi connectivity index (χ3v) is 1.67. The molecule has 0 spiro atoms. The van der Waals surface area contributed by atoms with E-state index < -0.39 is 0 Å². The molecule has 0 radical (unpaired) electrons. The summed E-state index contributed by atoms with van der Waals surface area (Å²) in [4.78, 5) is 10.9. The monoisotopic (exact) mass is 194 g/mol. The third kappa shape index (κ3) is 3.94. The minimum absolute atomic E-state index is 0.149. The first-order valence-electron chi connectivity index (χ1n) is 4.67. The molecule has 0 saturated heterocycles.